The van der Waals surface area contributed by atoms with Crippen molar-refractivity contribution in [1.29, 1.82) is 0 Å². The fourth-order valence-electron chi connectivity index (χ4n) is 3.46. The number of benzene rings is 1. The zero-order valence-electron chi connectivity index (χ0n) is 11.2. The van der Waals surface area contributed by atoms with Gasteiger partial charge in [0.2, 0.25) is 0 Å². The molecule has 1 fully saturated rings. The fourth-order valence-corrected chi connectivity index (χ4v) is 3.65. The molecular weight excluding hydrogens is 244 g/mol. The highest BCUT2D eigenvalue weighted by Crippen LogP contribution is 2.37. The molecular formula is C15H23ClN2. The Hall–Kier alpha value is -0.730. The summed E-state index contributed by atoms with van der Waals surface area (Å²) in [6, 6.07) is 7.91. The molecule has 0 spiro atoms. The number of nitrogens with one attached hydrogen (secondary N) is 1. The second-order valence-electron chi connectivity index (χ2n) is 5.97. The van der Waals surface area contributed by atoms with Crippen molar-refractivity contribution < 1.29 is 0 Å². The van der Waals surface area contributed by atoms with Crippen LogP contribution in [0.1, 0.15) is 33.1 Å². The smallest absolute Gasteiger partial charge is 0.0500 e. The van der Waals surface area contributed by atoms with E-state index in [-0.39, 0.29) is 5.54 Å². The second kappa shape index (κ2) is 5.50. The molecule has 3 N–H and O–H groups in total. The Morgan fingerprint density at radius 2 is 2.00 bits per heavy atom. The maximum Gasteiger partial charge on any atom is 0.0500 e. The van der Waals surface area contributed by atoms with Crippen LogP contribution in [0.5, 0.6) is 0 Å². The van der Waals surface area contributed by atoms with E-state index in [0.29, 0.717) is 6.54 Å². The quantitative estimate of drug-likeness (QED) is 0.871. The van der Waals surface area contributed by atoms with E-state index in [1.54, 1.807) is 0 Å². The van der Waals surface area contributed by atoms with Crippen molar-refractivity contribution in [2.45, 2.75) is 38.6 Å². The zero-order chi connectivity index (χ0) is 13.2. The van der Waals surface area contributed by atoms with Crippen LogP contribution in [-0.4, -0.2) is 12.1 Å². The first-order chi connectivity index (χ1) is 8.53. The van der Waals surface area contributed by atoms with Gasteiger partial charge in [0.15, 0.2) is 0 Å². The Morgan fingerprint density at radius 1 is 1.33 bits per heavy atom. The number of hydrogen-bond acceptors (Lipinski definition) is 2. The molecule has 2 atom stereocenters. The largest absolute Gasteiger partial charge is 0.378 e. The first-order valence-electron chi connectivity index (χ1n) is 6.77. The molecule has 0 heterocycles. The molecule has 1 saturated carbocycles. The van der Waals surface area contributed by atoms with Crippen molar-refractivity contribution in [2.75, 3.05) is 11.9 Å². The van der Waals surface area contributed by atoms with Gasteiger partial charge in [-0.1, -0.05) is 31.5 Å². The minimum Gasteiger partial charge on any atom is -0.378 e. The highest BCUT2D eigenvalue weighted by molar-refractivity contribution is 6.30. The lowest BCUT2D eigenvalue weighted by Crippen LogP contribution is -2.50. The molecule has 0 aromatic heterocycles. The van der Waals surface area contributed by atoms with E-state index in [1.807, 2.05) is 18.2 Å². The molecule has 1 aromatic carbocycles. The average Bonchev–Trinajstić information content (AvgIpc) is 2.27. The van der Waals surface area contributed by atoms with Gasteiger partial charge in [-0.05, 0) is 49.3 Å². The minimum absolute atomic E-state index is 0.0295. The van der Waals surface area contributed by atoms with Crippen LogP contribution in [0.4, 0.5) is 5.69 Å². The second-order valence-corrected chi connectivity index (χ2v) is 6.41. The van der Waals surface area contributed by atoms with Crippen LogP contribution < -0.4 is 11.1 Å². The summed E-state index contributed by atoms with van der Waals surface area (Å²) < 4.78 is 0. The standard InChI is InChI=1S/C15H23ClN2/c1-11-6-12(2)9-15(8-11,10-17)18-14-5-3-4-13(16)7-14/h3-5,7,11-12,18H,6,8-10,17H2,1-2H3. The molecule has 2 rings (SSSR count). The molecule has 1 aromatic rings. The lowest BCUT2D eigenvalue weighted by Gasteiger charge is -2.43. The summed E-state index contributed by atoms with van der Waals surface area (Å²) in [5, 5.41) is 4.40. The summed E-state index contributed by atoms with van der Waals surface area (Å²) in [6.07, 6.45) is 3.58. The predicted molar refractivity (Wildman–Crippen MR) is 79.0 cm³/mol. The summed E-state index contributed by atoms with van der Waals surface area (Å²) in [4.78, 5) is 0. The molecule has 1 aliphatic rings. The van der Waals surface area contributed by atoms with Crippen LogP contribution >= 0.6 is 11.6 Å². The monoisotopic (exact) mass is 266 g/mol. The van der Waals surface area contributed by atoms with Gasteiger partial charge in [-0.15, -0.1) is 0 Å². The van der Waals surface area contributed by atoms with Gasteiger partial charge in [0.05, 0.1) is 5.54 Å². The van der Waals surface area contributed by atoms with E-state index < -0.39 is 0 Å². The Balaban J connectivity index is 2.17. The van der Waals surface area contributed by atoms with Crippen LogP contribution in [0.3, 0.4) is 0 Å². The first kappa shape index (κ1) is 13.7. The third-order valence-corrected chi connectivity index (χ3v) is 4.14. The van der Waals surface area contributed by atoms with E-state index in [9.17, 15) is 0 Å². The van der Waals surface area contributed by atoms with Gasteiger partial charge in [-0.25, -0.2) is 0 Å². The lowest BCUT2D eigenvalue weighted by molar-refractivity contribution is 0.205. The van der Waals surface area contributed by atoms with Crippen molar-refractivity contribution >= 4 is 17.3 Å². The van der Waals surface area contributed by atoms with Gasteiger partial charge >= 0.3 is 0 Å². The Morgan fingerprint density at radius 3 is 2.56 bits per heavy atom. The van der Waals surface area contributed by atoms with Gasteiger partial charge in [0.1, 0.15) is 0 Å². The van der Waals surface area contributed by atoms with E-state index in [2.05, 4.69) is 25.2 Å². The van der Waals surface area contributed by atoms with E-state index >= 15 is 0 Å². The van der Waals surface area contributed by atoms with Crippen molar-refractivity contribution in [2.24, 2.45) is 17.6 Å². The Bertz CT molecular complexity index is 395. The van der Waals surface area contributed by atoms with Crippen molar-refractivity contribution in [3.05, 3.63) is 29.3 Å². The molecule has 2 unspecified atom stereocenters. The Kier molecular flexibility index (Phi) is 4.18. The number of hydrogen-bond donors (Lipinski definition) is 2. The molecule has 0 aliphatic heterocycles. The average molecular weight is 267 g/mol. The highest BCUT2D eigenvalue weighted by Gasteiger charge is 2.36. The number of nitrogens with two attached hydrogens (primary N) is 1. The van der Waals surface area contributed by atoms with Crippen LogP contribution in [0.25, 0.3) is 0 Å². The maximum absolute atomic E-state index is 6.05. The fraction of sp³-hybridized carbons (Fsp3) is 0.600. The third-order valence-electron chi connectivity index (χ3n) is 3.91. The molecule has 2 nitrogen and oxygen atoms in total. The topological polar surface area (TPSA) is 38.0 Å². The van der Waals surface area contributed by atoms with Crippen LogP contribution in [-0.2, 0) is 0 Å². The van der Waals surface area contributed by atoms with E-state index in [1.165, 1.54) is 6.42 Å². The van der Waals surface area contributed by atoms with Crippen LogP contribution in [0.15, 0.2) is 24.3 Å². The molecule has 18 heavy (non-hydrogen) atoms. The van der Waals surface area contributed by atoms with E-state index in [0.717, 1.165) is 35.4 Å². The van der Waals surface area contributed by atoms with E-state index in [4.69, 9.17) is 17.3 Å². The molecule has 1 aliphatic carbocycles. The molecule has 3 heteroatoms. The molecule has 0 radical (unpaired) electrons. The SMILES string of the molecule is CC1CC(C)CC(CN)(Nc2cccc(Cl)c2)C1. The van der Waals surface area contributed by atoms with Crippen molar-refractivity contribution in [1.82, 2.24) is 0 Å². The zero-order valence-corrected chi connectivity index (χ0v) is 12.0. The molecule has 0 saturated heterocycles. The minimum atomic E-state index is 0.0295. The lowest BCUT2D eigenvalue weighted by atomic mass is 9.71. The first-order valence-corrected chi connectivity index (χ1v) is 7.14. The highest BCUT2D eigenvalue weighted by atomic mass is 35.5. The van der Waals surface area contributed by atoms with Gasteiger partial charge in [0.25, 0.3) is 0 Å². The van der Waals surface area contributed by atoms with Crippen molar-refractivity contribution in [3.63, 3.8) is 0 Å². The number of anilines is 1. The Labute approximate surface area is 115 Å². The normalized spacial score (nSPS) is 32.2. The molecule has 0 bridgehead atoms. The summed E-state index contributed by atoms with van der Waals surface area (Å²) in [5.74, 6) is 1.45. The summed E-state index contributed by atoms with van der Waals surface area (Å²) in [6.45, 7) is 5.31. The number of halogens is 1. The molecule has 100 valence electrons. The van der Waals surface area contributed by atoms with Gasteiger partial charge < -0.3 is 11.1 Å². The van der Waals surface area contributed by atoms with Gasteiger partial charge in [-0.2, -0.15) is 0 Å². The maximum atomic E-state index is 6.05. The van der Waals surface area contributed by atoms with Gasteiger partial charge in [-0.3, -0.25) is 0 Å². The summed E-state index contributed by atoms with van der Waals surface area (Å²) in [7, 11) is 0. The van der Waals surface area contributed by atoms with Gasteiger partial charge in [0, 0.05) is 17.3 Å². The number of rotatable bonds is 3. The van der Waals surface area contributed by atoms with Crippen LogP contribution in [0.2, 0.25) is 5.02 Å². The van der Waals surface area contributed by atoms with Crippen molar-refractivity contribution in [3.8, 4) is 0 Å². The summed E-state index contributed by atoms with van der Waals surface area (Å²) in [5.41, 5.74) is 7.16. The predicted octanol–water partition coefficient (Wildman–Crippen LogP) is 3.91. The third kappa shape index (κ3) is 3.18. The summed E-state index contributed by atoms with van der Waals surface area (Å²) >= 11 is 6.04. The van der Waals surface area contributed by atoms with Crippen LogP contribution in [0, 0.1) is 11.8 Å². The molecule has 0 amide bonds.